The lowest BCUT2D eigenvalue weighted by Gasteiger charge is -2.26. The SMILES string of the molecule is O=C(CCSc1nc2ccccc2s1)N[C@@H]1CCOc2ccccc21. The lowest BCUT2D eigenvalue weighted by molar-refractivity contribution is -0.121. The van der Waals surface area contributed by atoms with Crippen molar-refractivity contribution in [2.45, 2.75) is 23.2 Å². The summed E-state index contributed by atoms with van der Waals surface area (Å²) in [7, 11) is 0. The van der Waals surface area contributed by atoms with E-state index in [0.29, 0.717) is 13.0 Å². The molecule has 4 rings (SSSR count). The minimum Gasteiger partial charge on any atom is -0.493 e. The van der Waals surface area contributed by atoms with E-state index in [1.165, 1.54) is 4.70 Å². The molecular weight excluding hydrogens is 352 g/mol. The van der Waals surface area contributed by atoms with Crippen LogP contribution in [0.5, 0.6) is 5.75 Å². The lowest BCUT2D eigenvalue weighted by Crippen LogP contribution is -2.32. The van der Waals surface area contributed by atoms with Gasteiger partial charge in [-0.05, 0) is 18.2 Å². The van der Waals surface area contributed by atoms with Gasteiger partial charge in [0.25, 0.3) is 0 Å². The van der Waals surface area contributed by atoms with E-state index in [2.05, 4.69) is 16.4 Å². The number of nitrogens with zero attached hydrogens (tertiary/aromatic N) is 1. The molecule has 0 unspecified atom stereocenters. The number of benzene rings is 2. The van der Waals surface area contributed by atoms with E-state index in [-0.39, 0.29) is 11.9 Å². The number of nitrogens with one attached hydrogen (secondary N) is 1. The summed E-state index contributed by atoms with van der Waals surface area (Å²) in [6, 6.07) is 16.1. The van der Waals surface area contributed by atoms with Gasteiger partial charge in [-0.15, -0.1) is 11.3 Å². The van der Waals surface area contributed by atoms with Gasteiger partial charge in [-0.2, -0.15) is 0 Å². The standard InChI is InChI=1S/C19H18N2O2S2/c22-18(20-14-9-11-23-16-7-3-1-5-13(14)16)10-12-24-19-21-15-6-2-4-8-17(15)25-19/h1-8,14H,9-12H2,(H,20,22)/t14-/m1/s1. The van der Waals surface area contributed by atoms with Gasteiger partial charge in [0.1, 0.15) is 5.75 Å². The Balaban J connectivity index is 1.31. The summed E-state index contributed by atoms with van der Waals surface area (Å²) in [5.74, 6) is 1.69. The molecule has 2 heterocycles. The van der Waals surface area contributed by atoms with E-state index in [9.17, 15) is 4.79 Å². The molecular formula is C19H18N2O2S2. The van der Waals surface area contributed by atoms with Gasteiger partial charge in [0.05, 0.1) is 22.9 Å². The second-order valence-electron chi connectivity index (χ2n) is 5.84. The first-order valence-electron chi connectivity index (χ1n) is 8.29. The van der Waals surface area contributed by atoms with Crippen LogP contribution < -0.4 is 10.1 Å². The lowest BCUT2D eigenvalue weighted by atomic mass is 10.0. The highest BCUT2D eigenvalue weighted by Gasteiger charge is 2.22. The van der Waals surface area contributed by atoms with Crippen molar-refractivity contribution in [3.8, 4) is 5.75 Å². The van der Waals surface area contributed by atoms with Gasteiger partial charge in [0.15, 0.2) is 4.34 Å². The highest BCUT2D eigenvalue weighted by molar-refractivity contribution is 8.01. The first kappa shape index (κ1) is 16.4. The molecule has 1 amide bonds. The van der Waals surface area contributed by atoms with Gasteiger partial charge >= 0.3 is 0 Å². The fourth-order valence-corrected chi connectivity index (χ4v) is 4.98. The van der Waals surface area contributed by atoms with Gasteiger partial charge in [-0.3, -0.25) is 4.79 Å². The van der Waals surface area contributed by atoms with Crippen molar-refractivity contribution in [3.63, 3.8) is 0 Å². The number of amides is 1. The van der Waals surface area contributed by atoms with Crippen LogP contribution in [-0.2, 0) is 4.79 Å². The summed E-state index contributed by atoms with van der Waals surface area (Å²) in [5.41, 5.74) is 2.10. The fourth-order valence-electron chi connectivity index (χ4n) is 2.90. The highest BCUT2D eigenvalue weighted by Crippen LogP contribution is 2.32. The zero-order chi connectivity index (χ0) is 17.1. The molecule has 0 radical (unpaired) electrons. The summed E-state index contributed by atoms with van der Waals surface area (Å²) in [4.78, 5) is 16.9. The average molecular weight is 370 g/mol. The van der Waals surface area contributed by atoms with Gasteiger partial charge in [-0.1, -0.05) is 42.1 Å². The number of rotatable bonds is 5. The number of hydrogen-bond donors (Lipinski definition) is 1. The third-order valence-corrected chi connectivity index (χ3v) is 6.30. The van der Waals surface area contributed by atoms with Crippen LogP contribution >= 0.6 is 23.1 Å². The third-order valence-electron chi connectivity index (χ3n) is 4.12. The van der Waals surface area contributed by atoms with E-state index in [4.69, 9.17) is 4.74 Å². The molecule has 6 heteroatoms. The molecule has 25 heavy (non-hydrogen) atoms. The molecule has 2 aromatic carbocycles. The Bertz CT molecular complexity index is 861. The second-order valence-corrected chi connectivity index (χ2v) is 8.21. The van der Waals surface area contributed by atoms with E-state index in [0.717, 1.165) is 33.3 Å². The molecule has 0 saturated heterocycles. The van der Waals surface area contributed by atoms with Crippen LogP contribution in [0.1, 0.15) is 24.4 Å². The molecule has 1 aromatic heterocycles. The van der Waals surface area contributed by atoms with Crippen molar-refractivity contribution in [1.29, 1.82) is 0 Å². The largest absolute Gasteiger partial charge is 0.493 e. The number of thioether (sulfide) groups is 1. The maximum absolute atomic E-state index is 12.3. The summed E-state index contributed by atoms with van der Waals surface area (Å²) in [6.45, 7) is 0.641. The van der Waals surface area contributed by atoms with E-state index in [1.807, 2.05) is 42.5 Å². The number of ether oxygens (including phenoxy) is 1. The van der Waals surface area contributed by atoms with E-state index in [1.54, 1.807) is 23.1 Å². The predicted molar refractivity (Wildman–Crippen MR) is 102 cm³/mol. The summed E-state index contributed by atoms with van der Waals surface area (Å²) < 4.78 is 7.85. The van der Waals surface area contributed by atoms with Gasteiger partial charge in [0, 0.05) is 24.2 Å². The molecule has 0 spiro atoms. The molecule has 128 valence electrons. The monoisotopic (exact) mass is 370 g/mol. The smallest absolute Gasteiger partial charge is 0.221 e. The molecule has 1 aliphatic heterocycles. The number of para-hydroxylation sites is 2. The number of carbonyl (C=O) groups is 1. The van der Waals surface area contributed by atoms with E-state index < -0.39 is 0 Å². The van der Waals surface area contributed by atoms with Crippen molar-refractivity contribution >= 4 is 39.2 Å². The van der Waals surface area contributed by atoms with Crippen LogP contribution in [-0.4, -0.2) is 23.3 Å². The van der Waals surface area contributed by atoms with Crippen LogP contribution in [0.4, 0.5) is 0 Å². The van der Waals surface area contributed by atoms with Crippen molar-refractivity contribution in [2.24, 2.45) is 0 Å². The Morgan fingerprint density at radius 2 is 2.08 bits per heavy atom. The Morgan fingerprint density at radius 1 is 1.24 bits per heavy atom. The Kier molecular flexibility index (Phi) is 4.90. The minimum absolute atomic E-state index is 0.0462. The predicted octanol–water partition coefficient (Wildman–Crippen LogP) is 4.42. The van der Waals surface area contributed by atoms with E-state index >= 15 is 0 Å². The maximum atomic E-state index is 12.3. The molecule has 0 aliphatic carbocycles. The zero-order valence-corrected chi connectivity index (χ0v) is 15.2. The molecule has 0 bridgehead atoms. The normalized spacial score (nSPS) is 16.2. The number of fused-ring (bicyclic) bond motifs is 2. The van der Waals surface area contributed by atoms with Crippen molar-refractivity contribution in [2.75, 3.05) is 12.4 Å². The van der Waals surface area contributed by atoms with Crippen molar-refractivity contribution in [3.05, 3.63) is 54.1 Å². The first-order chi connectivity index (χ1) is 12.3. The van der Waals surface area contributed by atoms with Crippen LogP contribution in [0.3, 0.4) is 0 Å². The summed E-state index contributed by atoms with van der Waals surface area (Å²) in [5, 5.41) is 3.14. The van der Waals surface area contributed by atoms with Gasteiger partial charge in [0.2, 0.25) is 5.91 Å². The average Bonchev–Trinajstić information content (AvgIpc) is 3.05. The maximum Gasteiger partial charge on any atom is 0.221 e. The van der Waals surface area contributed by atoms with Crippen LogP contribution in [0.15, 0.2) is 52.9 Å². The topological polar surface area (TPSA) is 51.2 Å². The van der Waals surface area contributed by atoms with Crippen LogP contribution in [0, 0.1) is 0 Å². The van der Waals surface area contributed by atoms with Crippen molar-refractivity contribution < 1.29 is 9.53 Å². The second kappa shape index (κ2) is 7.45. The first-order valence-corrected chi connectivity index (χ1v) is 10.1. The number of aromatic nitrogens is 1. The highest BCUT2D eigenvalue weighted by atomic mass is 32.2. The Morgan fingerprint density at radius 3 is 3.00 bits per heavy atom. The number of thiazole rings is 1. The minimum atomic E-state index is 0.0462. The van der Waals surface area contributed by atoms with Crippen LogP contribution in [0.25, 0.3) is 10.2 Å². The Hall–Kier alpha value is -2.05. The molecule has 3 aromatic rings. The van der Waals surface area contributed by atoms with Gasteiger partial charge < -0.3 is 10.1 Å². The number of carbonyl (C=O) groups excluding carboxylic acids is 1. The zero-order valence-electron chi connectivity index (χ0n) is 13.6. The summed E-state index contributed by atoms with van der Waals surface area (Å²) >= 11 is 3.32. The van der Waals surface area contributed by atoms with Crippen molar-refractivity contribution in [1.82, 2.24) is 10.3 Å². The Labute approximate surface area is 154 Å². The molecule has 1 N–H and O–H groups in total. The fraction of sp³-hybridized carbons (Fsp3) is 0.263. The molecule has 1 aliphatic rings. The third kappa shape index (κ3) is 3.80. The quantitative estimate of drug-likeness (QED) is 0.676. The summed E-state index contributed by atoms with van der Waals surface area (Å²) in [6.07, 6.45) is 1.30. The molecule has 0 fully saturated rings. The molecule has 4 nitrogen and oxygen atoms in total. The molecule has 0 saturated carbocycles. The molecule has 1 atom stereocenters. The van der Waals surface area contributed by atoms with Gasteiger partial charge in [-0.25, -0.2) is 4.98 Å². The van der Waals surface area contributed by atoms with Crippen LogP contribution in [0.2, 0.25) is 0 Å². The number of hydrogen-bond acceptors (Lipinski definition) is 5.